The molecule has 0 saturated carbocycles. The number of carbonyl (C=O) groups excluding carboxylic acids is 1. The third-order valence-electron chi connectivity index (χ3n) is 2.40. The molecule has 0 spiro atoms. The molecule has 2 rings (SSSR count). The maximum Gasteiger partial charge on any atom is 0.287 e. The molecule has 0 fully saturated rings. The van der Waals surface area contributed by atoms with Gasteiger partial charge in [0.15, 0.2) is 0 Å². The van der Waals surface area contributed by atoms with Gasteiger partial charge in [0.05, 0.1) is 23.5 Å². The van der Waals surface area contributed by atoms with Crippen LogP contribution in [0.1, 0.15) is 5.69 Å². The van der Waals surface area contributed by atoms with E-state index in [2.05, 4.69) is 10.3 Å². The molecule has 0 atom stereocenters. The molecule has 0 saturated heterocycles. The minimum atomic E-state index is -3.29. The Morgan fingerprint density at radius 1 is 1.45 bits per heavy atom. The lowest BCUT2D eigenvalue weighted by Crippen LogP contribution is -2.39. The smallest absolute Gasteiger partial charge is 0.287 e. The lowest BCUT2D eigenvalue weighted by molar-refractivity contribution is -0.123. The van der Waals surface area contributed by atoms with Gasteiger partial charge in [-0.25, -0.2) is 13.8 Å². The largest absolute Gasteiger partial charge is 0.390 e. The molecule has 108 valence electrons. The highest BCUT2D eigenvalue weighted by molar-refractivity contribution is 7.20. The molecule has 2 aromatic rings. The van der Waals surface area contributed by atoms with Crippen molar-refractivity contribution in [2.75, 3.05) is 13.2 Å². The van der Waals surface area contributed by atoms with Crippen molar-refractivity contribution in [1.29, 1.82) is 0 Å². The van der Waals surface area contributed by atoms with Crippen LogP contribution in [0, 0.1) is 0 Å². The Bertz CT molecular complexity index is 570. The number of hydrogen-bond donors (Lipinski definition) is 2. The number of aromatic nitrogens is 1. The van der Waals surface area contributed by atoms with Crippen LogP contribution in [-0.2, 0) is 11.2 Å². The van der Waals surface area contributed by atoms with Gasteiger partial charge < -0.3 is 10.4 Å². The number of amides is 1. The molecule has 0 aliphatic carbocycles. The van der Waals surface area contributed by atoms with E-state index in [1.807, 2.05) is 17.5 Å². The summed E-state index contributed by atoms with van der Waals surface area (Å²) in [6.07, 6.45) is -0.0522. The highest BCUT2D eigenvalue weighted by Gasteiger charge is 2.28. The zero-order valence-corrected chi connectivity index (χ0v) is 11.9. The van der Waals surface area contributed by atoms with Crippen LogP contribution in [0.25, 0.3) is 9.88 Å². The predicted molar refractivity (Wildman–Crippen MR) is 74.2 cm³/mol. The Hall–Kier alpha value is -1.38. The minimum absolute atomic E-state index is 0.0522. The highest BCUT2D eigenvalue weighted by atomic mass is 32.1. The molecular weight excluding hydrogens is 306 g/mol. The van der Waals surface area contributed by atoms with Crippen molar-refractivity contribution in [3.05, 3.63) is 28.6 Å². The van der Waals surface area contributed by atoms with Crippen LogP contribution in [0.3, 0.4) is 0 Å². The van der Waals surface area contributed by atoms with Gasteiger partial charge in [-0.05, 0) is 11.4 Å². The van der Waals surface area contributed by atoms with Crippen molar-refractivity contribution in [2.24, 2.45) is 0 Å². The number of rotatable bonds is 6. The van der Waals surface area contributed by atoms with E-state index in [0.29, 0.717) is 5.69 Å². The average Bonchev–Trinajstić information content (AvgIpc) is 3.07. The van der Waals surface area contributed by atoms with Gasteiger partial charge in [0, 0.05) is 5.38 Å². The molecule has 0 radical (unpaired) electrons. The van der Waals surface area contributed by atoms with E-state index in [9.17, 15) is 13.6 Å². The quantitative estimate of drug-likeness (QED) is 0.858. The van der Waals surface area contributed by atoms with Crippen LogP contribution < -0.4 is 5.32 Å². The first-order valence-corrected chi connectivity index (χ1v) is 7.50. The van der Waals surface area contributed by atoms with Gasteiger partial charge in [-0.2, -0.15) is 0 Å². The summed E-state index contributed by atoms with van der Waals surface area (Å²) >= 11 is 2.95. The van der Waals surface area contributed by atoms with E-state index < -0.39 is 25.0 Å². The van der Waals surface area contributed by atoms with Crippen LogP contribution in [0.2, 0.25) is 0 Å². The summed E-state index contributed by atoms with van der Waals surface area (Å²) in [5.74, 6) is -3.83. The molecule has 0 aromatic carbocycles. The summed E-state index contributed by atoms with van der Waals surface area (Å²) in [5.41, 5.74) is 0.545. The van der Waals surface area contributed by atoms with Crippen molar-refractivity contribution in [3.8, 4) is 9.88 Å². The van der Waals surface area contributed by atoms with E-state index in [-0.39, 0.29) is 6.42 Å². The molecule has 0 aliphatic heterocycles. The molecule has 2 N–H and O–H groups in total. The van der Waals surface area contributed by atoms with Crippen molar-refractivity contribution >= 4 is 28.6 Å². The number of halogens is 2. The Morgan fingerprint density at radius 2 is 2.25 bits per heavy atom. The zero-order valence-electron chi connectivity index (χ0n) is 10.3. The number of nitrogens with one attached hydrogen (secondary N) is 1. The first-order valence-electron chi connectivity index (χ1n) is 5.74. The second-order valence-electron chi connectivity index (χ2n) is 4.09. The number of alkyl halides is 2. The van der Waals surface area contributed by atoms with Crippen LogP contribution >= 0.6 is 22.7 Å². The highest BCUT2D eigenvalue weighted by Crippen LogP contribution is 2.27. The van der Waals surface area contributed by atoms with E-state index in [0.717, 1.165) is 9.88 Å². The van der Waals surface area contributed by atoms with E-state index in [1.165, 1.54) is 11.3 Å². The number of aliphatic hydroxyl groups is 1. The van der Waals surface area contributed by atoms with E-state index in [1.54, 1.807) is 16.7 Å². The van der Waals surface area contributed by atoms with Crippen molar-refractivity contribution in [2.45, 2.75) is 12.3 Å². The van der Waals surface area contributed by atoms with Gasteiger partial charge in [0.2, 0.25) is 5.91 Å². The number of hydrogen-bond acceptors (Lipinski definition) is 5. The molecule has 2 aromatic heterocycles. The van der Waals surface area contributed by atoms with E-state index >= 15 is 0 Å². The molecular formula is C12H12F2N2O2S2. The molecule has 20 heavy (non-hydrogen) atoms. The third kappa shape index (κ3) is 4.06. The number of nitrogens with zero attached hydrogens (tertiary/aromatic N) is 1. The predicted octanol–water partition coefficient (Wildman–Crippen LogP) is 2.16. The maximum absolute atomic E-state index is 12.8. The average molecular weight is 318 g/mol. The lowest BCUT2D eigenvalue weighted by atomic mass is 10.3. The first kappa shape index (κ1) is 15.0. The number of thiazole rings is 1. The van der Waals surface area contributed by atoms with Crippen molar-refractivity contribution in [3.63, 3.8) is 0 Å². The second-order valence-corrected chi connectivity index (χ2v) is 5.89. The molecule has 1 amide bonds. The fourth-order valence-electron chi connectivity index (χ4n) is 1.41. The summed E-state index contributed by atoms with van der Waals surface area (Å²) in [5, 5.41) is 15.0. The summed E-state index contributed by atoms with van der Waals surface area (Å²) < 4.78 is 25.5. The van der Waals surface area contributed by atoms with Crippen LogP contribution in [0.5, 0.6) is 0 Å². The molecule has 0 unspecified atom stereocenters. The Morgan fingerprint density at radius 3 is 2.90 bits per heavy atom. The van der Waals surface area contributed by atoms with Crippen LogP contribution in [0.4, 0.5) is 8.78 Å². The fourth-order valence-corrected chi connectivity index (χ4v) is 3.05. The van der Waals surface area contributed by atoms with Gasteiger partial charge in [0.25, 0.3) is 5.92 Å². The maximum atomic E-state index is 12.8. The third-order valence-corrected chi connectivity index (χ3v) is 4.33. The normalized spacial score (nSPS) is 11.6. The SMILES string of the molecule is O=C(Cc1csc(-c2cccs2)n1)NCC(F)(F)CO. The van der Waals surface area contributed by atoms with Gasteiger partial charge in [0.1, 0.15) is 11.6 Å². The van der Waals surface area contributed by atoms with Crippen molar-refractivity contribution in [1.82, 2.24) is 10.3 Å². The first-order chi connectivity index (χ1) is 9.50. The molecule has 0 aliphatic rings. The monoisotopic (exact) mass is 318 g/mol. The van der Waals surface area contributed by atoms with Crippen LogP contribution in [-0.4, -0.2) is 35.1 Å². The van der Waals surface area contributed by atoms with E-state index in [4.69, 9.17) is 5.11 Å². The summed E-state index contributed by atoms with van der Waals surface area (Å²) in [6.45, 7) is -2.16. The summed E-state index contributed by atoms with van der Waals surface area (Å²) in [4.78, 5) is 16.8. The number of aliphatic hydroxyl groups excluding tert-OH is 1. The Labute approximate surface area is 122 Å². The second kappa shape index (κ2) is 6.38. The molecule has 4 nitrogen and oxygen atoms in total. The fraction of sp³-hybridized carbons (Fsp3) is 0.333. The summed E-state index contributed by atoms with van der Waals surface area (Å²) in [7, 11) is 0. The van der Waals surface area contributed by atoms with Gasteiger partial charge in [-0.3, -0.25) is 4.79 Å². The van der Waals surface area contributed by atoms with Crippen LogP contribution in [0.15, 0.2) is 22.9 Å². The van der Waals surface area contributed by atoms with Gasteiger partial charge in [-0.1, -0.05) is 6.07 Å². The number of carbonyl (C=O) groups is 1. The molecule has 2 heterocycles. The standard InChI is InChI=1S/C12H12F2N2O2S2/c13-12(14,7-17)6-15-10(18)4-8-5-20-11(16-8)9-2-1-3-19-9/h1-3,5,17H,4,6-7H2,(H,15,18). The van der Waals surface area contributed by atoms with Gasteiger partial charge in [-0.15, -0.1) is 22.7 Å². The zero-order chi connectivity index (χ0) is 14.6. The molecule has 0 bridgehead atoms. The number of thiophene rings is 1. The summed E-state index contributed by atoms with van der Waals surface area (Å²) in [6, 6.07) is 3.83. The Kier molecular flexibility index (Phi) is 4.79. The van der Waals surface area contributed by atoms with Gasteiger partial charge >= 0.3 is 0 Å². The Balaban J connectivity index is 1.89. The molecule has 8 heteroatoms. The lowest BCUT2D eigenvalue weighted by Gasteiger charge is -2.13. The topological polar surface area (TPSA) is 62.2 Å². The minimum Gasteiger partial charge on any atom is -0.390 e. The van der Waals surface area contributed by atoms with Crippen molar-refractivity contribution < 1.29 is 18.7 Å².